The van der Waals surface area contributed by atoms with Crippen LogP contribution in [0.5, 0.6) is 0 Å². The first-order valence-corrected chi connectivity index (χ1v) is 11.0. The van der Waals surface area contributed by atoms with Gasteiger partial charge in [0.1, 0.15) is 5.37 Å². The lowest BCUT2D eigenvalue weighted by Crippen LogP contribution is -2.37. The molecule has 2 heterocycles. The quantitative estimate of drug-likeness (QED) is 0.658. The molecule has 2 atom stereocenters. The summed E-state index contributed by atoms with van der Waals surface area (Å²) < 4.78 is 0.916. The van der Waals surface area contributed by atoms with Crippen LogP contribution in [0.25, 0.3) is 0 Å². The fraction of sp³-hybridized carbons (Fsp3) is 0.300. The third kappa shape index (κ3) is 3.89. The Hall–Kier alpha value is -1.50. The van der Waals surface area contributed by atoms with Crippen molar-refractivity contribution in [1.29, 1.82) is 0 Å². The molecule has 2 amide bonds. The zero-order chi connectivity index (χ0) is 19.0. The number of amides is 2. The van der Waals surface area contributed by atoms with E-state index in [-0.39, 0.29) is 29.5 Å². The van der Waals surface area contributed by atoms with Crippen molar-refractivity contribution in [1.82, 2.24) is 4.90 Å². The number of hydrogen-bond donors (Lipinski definition) is 0. The Balaban J connectivity index is 1.52. The van der Waals surface area contributed by atoms with Gasteiger partial charge in [0.15, 0.2) is 0 Å². The number of thioether (sulfide) groups is 1. The second-order valence-electron chi connectivity index (χ2n) is 6.70. The molecule has 27 heavy (non-hydrogen) atoms. The fourth-order valence-electron chi connectivity index (χ4n) is 3.63. The normalized spacial score (nSPS) is 22.5. The van der Waals surface area contributed by atoms with Crippen LogP contribution in [0.2, 0.25) is 5.02 Å². The molecule has 7 heteroatoms. The molecule has 140 valence electrons. The minimum atomic E-state index is -0.308. The van der Waals surface area contributed by atoms with Gasteiger partial charge in [0, 0.05) is 40.4 Å². The van der Waals surface area contributed by atoms with E-state index in [1.807, 2.05) is 53.4 Å². The monoisotopic (exact) mass is 464 g/mol. The third-order valence-corrected chi connectivity index (χ3v) is 6.89. The average Bonchev–Trinajstić information content (AvgIpc) is 3.28. The Morgan fingerprint density at radius 1 is 1.19 bits per heavy atom. The molecule has 2 saturated heterocycles. The van der Waals surface area contributed by atoms with E-state index in [0.29, 0.717) is 18.1 Å². The Bertz CT molecular complexity index is 894. The Kier molecular flexibility index (Phi) is 5.48. The van der Waals surface area contributed by atoms with Crippen molar-refractivity contribution < 1.29 is 9.59 Å². The SMILES string of the molecule is O=C1CC(C(=O)N2CCSC2c2cccc(Cl)c2)CN1c1cccc(Br)c1. The van der Waals surface area contributed by atoms with Crippen molar-refractivity contribution in [3.05, 3.63) is 63.6 Å². The van der Waals surface area contributed by atoms with Crippen molar-refractivity contribution in [2.45, 2.75) is 11.8 Å². The summed E-state index contributed by atoms with van der Waals surface area (Å²) in [5, 5.41) is 0.635. The van der Waals surface area contributed by atoms with Gasteiger partial charge in [-0.3, -0.25) is 9.59 Å². The Morgan fingerprint density at radius 3 is 2.78 bits per heavy atom. The number of nitrogens with zero attached hydrogens (tertiary/aromatic N) is 2. The number of anilines is 1. The van der Waals surface area contributed by atoms with Gasteiger partial charge in [-0.2, -0.15) is 0 Å². The number of carbonyl (C=O) groups is 2. The molecule has 0 aliphatic carbocycles. The van der Waals surface area contributed by atoms with Gasteiger partial charge in [-0.1, -0.05) is 45.7 Å². The van der Waals surface area contributed by atoms with Gasteiger partial charge in [-0.25, -0.2) is 0 Å². The molecule has 4 nitrogen and oxygen atoms in total. The van der Waals surface area contributed by atoms with Crippen LogP contribution in [-0.2, 0) is 9.59 Å². The topological polar surface area (TPSA) is 40.6 Å². The highest BCUT2D eigenvalue weighted by atomic mass is 79.9. The fourth-order valence-corrected chi connectivity index (χ4v) is 5.47. The summed E-state index contributed by atoms with van der Waals surface area (Å²) in [5.41, 5.74) is 1.86. The zero-order valence-electron chi connectivity index (χ0n) is 14.5. The molecule has 2 aromatic carbocycles. The summed E-state index contributed by atoms with van der Waals surface area (Å²) in [6.07, 6.45) is 0.259. The number of carbonyl (C=O) groups excluding carboxylic acids is 2. The van der Waals surface area contributed by atoms with Crippen LogP contribution in [0.3, 0.4) is 0 Å². The van der Waals surface area contributed by atoms with Crippen LogP contribution >= 0.6 is 39.3 Å². The number of rotatable bonds is 3. The highest BCUT2D eigenvalue weighted by Crippen LogP contribution is 2.40. The van der Waals surface area contributed by atoms with E-state index in [9.17, 15) is 9.59 Å². The molecule has 0 N–H and O–H groups in total. The molecule has 2 aromatic rings. The standard InChI is InChI=1S/C20H18BrClN2O2S/c21-15-4-2-6-17(11-15)24-12-14(10-18(24)25)19(26)23-7-8-27-20(23)13-3-1-5-16(22)9-13/h1-6,9,11,14,20H,7-8,10,12H2. The summed E-state index contributed by atoms with van der Waals surface area (Å²) in [6, 6.07) is 15.3. The van der Waals surface area contributed by atoms with Gasteiger partial charge < -0.3 is 9.80 Å². The molecule has 2 unspecified atom stereocenters. The Morgan fingerprint density at radius 2 is 2.00 bits per heavy atom. The molecule has 0 bridgehead atoms. The first-order chi connectivity index (χ1) is 13.0. The van der Waals surface area contributed by atoms with Gasteiger partial charge in [0.05, 0.1) is 5.92 Å². The van der Waals surface area contributed by atoms with Gasteiger partial charge in [0.2, 0.25) is 11.8 Å². The van der Waals surface area contributed by atoms with E-state index in [0.717, 1.165) is 21.5 Å². The van der Waals surface area contributed by atoms with Crippen LogP contribution in [0, 0.1) is 5.92 Å². The van der Waals surface area contributed by atoms with Crippen LogP contribution < -0.4 is 4.90 Å². The third-order valence-electron chi connectivity index (χ3n) is 4.90. The molecular formula is C20H18BrClN2O2S. The largest absolute Gasteiger partial charge is 0.325 e. The van der Waals surface area contributed by atoms with Crippen LogP contribution in [-0.4, -0.2) is 35.6 Å². The van der Waals surface area contributed by atoms with Crippen LogP contribution in [0.15, 0.2) is 53.0 Å². The molecule has 2 fully saturated rings. The lowest BCUT2D eigenvalue weighted by Gasteiger charge is -2.27. The lowest BCUT2D eigenvalue weighted by atomic mass is 10.1. The van der Waals surface area contributed by atoms with E-state index >= 15 is 0 Å². The minimum absolute atomic E-state index is 0.00222. The van der Waals surface area contributed by atoms with E-state index < -0.39 is 0 Å². The van der Waals surface area contributed by atoms with Crippen molar-refractivity contribution in [3.8, 4) is 0 Å². The zero-order valence-corrected chi connectivity index (χ0v) is 17.6. The highest BCUT2D eigenvalue weighted by molar-refractivity contribution is 9.10. The van der Waals surface area contributed by atoms with E-state index in [4.69, 9.17) is 11.6 Å². The van der Waals surface area contributed by atoms with Crippen LogP contribution in [0.1, 0.15) is 17.4 Å². The van der Waals surface area contributed by atoms with Crippen molar-refractivity contribution in [2.24, 2.45) is 5.92 Å². The number of halogens is 2. The molecule has 4 rings (SSSR count). The maximum absolute atomic E-state index is 13.2. The first kappa shape index (κ1) is 18.8. The van der Waals surface area contributed by atoms with Crippen LogP contribution in [0.4, 0.5) is 5.69 Å². The van der Waals surface area contributed by atoms with Crippen molar-refractivity contribution >= 4 is 56.8 Å². The van der Waals surface area contributed by atoms with Gasteiger partial charge >= 0.3 is 0 Å². The van der Waals surface area contributed by atoms with Crippen molar-refractivity contribution in [2.75, 3.05) is 23.7 Å². The van der Waals surface area contributed by atoms with E-state index in [1.165, 1.54) is 0 Å². The summed E-state index contributed by atoms with van der Waals surface area (Å²) in [7, 11) is 0. The number of benzene rings is 2. The van der Waals surface area contributed by atoms with Crippen molar-refractivity contribution in [3.63, 3.8) is 0 Å². The molecule has 2 aliphatic heterocycles. The molecule has 0 saturated carbocycles. The summed E-state index contributed by atoms with van der Waals surface area (Å²) in [5.74, 6) is 0.629. The lowest BCUT2D eigenvalue weighted by molar-refractivity contribution is -0.136. The first-order valence-electron chi connectivity index (χ1n) is 8.76. The number of hydrogen-bond acceptors (Lipinski definition) is 3. The molecule has 0 spiro atoms. The summed E-state index contributed by atoms with van der Waals surface area (Å²) in [4.78, 5) is 29.3. The smallest absolute Gasteiger partial charge is 0.229 e. The van der Waals surface area contributed by atoms with E-state index in [2.05, 4.69) is 15.9 Å². The molecule has 2 aliphatic rings. The molecule has 0 radical (unpaired) electrons. The highest BCUT2D eigenvalue weighted by Gasteiger charge is 2.40. The average molecular weight is 466 g/mol. The van der Waals surface area contributed by atoms with E-state index in [1.54, 1.807) is 16.7 Å². The predicted octanol–water partition coefficient (Wildman–Crippen LogP) is 4.73. The maximum atomic E-state index is 13.2. The van der Waals surface area contributed by atoms with Gasteiger partial charge in [-0.05, 0) is 35.9 Å². The second-order valence-corrected chi connectivity index (χ2v) is 9.24. The molecular weight excluding hydrogens is 448 g/mol. The predicted molar refractivity (Wildman–Crippen MR) is 113 cm³/mol. The molecule has 0 aromatic heterocycles. The second kappa shape index (κ2) is 7.86. The van der Waals surface area contributed by atoms with Gasteiger partial charge in [0.25, 0.3) is 0 Å². The summed E-state index contributed by atoms with van der Waals surface area (Å²) >= 11 is 11.3. The minimum Gasteiger partial charge on any atom is -0.325 e. The van der Waals surface area contributed by atoms with Gasteiger partial charge in [-0.15, -0.1) is 11.8 Å². The Labute approximate surface area is 176 Å². The summed E-state index contributed by atoms with van der Waals surface area (Å²) in [6.45, 7) is 1.12. The maximum Gasteiger partial charge on any atom is 0.229 e.